The Balaban J connectivity index is 1.77. The van der Waals surface area contributed by atoms with Crippen molar-refractivity contribution in [1.82, 2.24) is 14.9 Å². The molecule has 1 amide bonds. The molecule has 1 N–H and O–H groups in total. The van der Waals surface area contributed by atoms with Crippen LogP contribution in [0.4, 0.5) is 5.95 Å². The molecule has 0 aromatic carbocycles. The monoisotopic (exact) mass is 324 g/mol. The van der Waals surface area contributed by atoms with Crippen molar-refractivity contribution >= 4 is 21.7 Å². The van der Waals surface area contributed by atoms with E-state index in [1.165, 1.54) is 4.90 Å². The van der Waals surface area contributed by atoms with Gasteiger partial charge in [-0.1, -0.05) is 0 Å². The SMILES string of the molecule is Cc1cc(C(=O)N(C)C2CCS(=O)(=O)C2)nc(NC2CC2)n1. The third kappa shape index (κ3) is 3.37. The predicted molar refractivity (Wildman–Crippen MR) is 82.6 cm³/mol. The minimum Gasteiger partial charge on any atom is -0.351 e. The minimum atomic E-state index is -3.02. The van der Waals surface area contributed by atoms with Gasteiger partial charge in [0.1, 0.15) is 5.69 Å². The number of hydrogen-bond acceptors (Lipinski definition) is 6. The summed E-state index contributed by atoms with van der Waals surface area (Å²) in [6.07, 6.45) is 2.68. The van der Waals surface area contributed by atoms with E-state index in [9.17, 15) is 13.2 Å². The summed E-state index contributed by atoms with van der Waals surface area (Å²) < 4.78 is 23.1. The lowest BCUT2D eigenvalue weighted by Crippen LogP contribution is -2.38. The summed E-state index contributed by atoms with van der Waals surface area (Å²) >= 11 is 0. The average Bonchev–Trinajstić information content (AvgIpc) is 3.18. The third-order valence-electron chi connectivity index (χ3n) is 4.06. The van der Waals surface area contributed by atoms with Crippen molar-refractivity contribution in [3.05, 3.63) is 17.5 Å². The fraction of sp³-hybridized carbons (Fsp3) is 0.643. The van der Waals surface area contributed by atoms with E-state index in [0.29, 0.717) is 29.8 Å². The highest BCUT2D eigenvalue weighted by atomic mass is 32.2. The van der Waals surface area contributed by atoms with Crippen LogP contribution in [0.1, 0.15) is 35.4 Å². The summed E-state index contributed by atoms with van der Waals surface area (Å²) in [6.45, 7) is 1.82. The number of aromatic nitrogens is 2. The first kappa shape index (κ1) is 15.2. The molecule has 1 unspecified atom stereocenters. The van der Waals surface area contributed by atoms with Gasteiger partial charge in [-0.2, -0.15) is 0 Å². The van der Waals surface area contributed by atoms with Gasteiger partial charge in [-0.3, -0.25) is 4.79 Å². The number of nitrogens with one attached hydrogen (secondary N) is 1. The summed E-state index contributed by atoms with van der Waals surface area (Å²) in [7, 11) is -1.38. The van der Waals surface area contributed by atoms with Crippen molar-refractivity contribution in [1.29, 1.82) is 0 Å². The Bertz CT molecular complexity index is 700. The maximum atomic E-state index is 12.6. The molecule has 1 aromatic heterocycles. The second kappa shape index (κ2) is 5.49. The van der Waals surface area contributed by atoms with Crippen LogP contribution in [0.5, 0.6) is 0 Å². The lowest BCUT2D eigenvalue weighted by Gasteiger charge is -2.23. The Kier molecular flexibility index (Phi) is 3.80. The molecular weight excluding hydrogens is 304 g/mol. The molecule has 0 radical (unpaired) electrons. The minimum absolute atomic E-state index is 0.0342. The quantitative estimate of drug-likeness (QED) is 0.873. The molecule has 2 aliphatic rings. The normalized spacial score (nSPS) is 23.3. The van der Waals surface area contributed by atoms with Crippen LogP contribution >= 0.6 is 0 Å². The van der Waals surface area contributed by atoms with E-state index in [4.69, 9.17) is 0 Å². The Morgan fingerprint density at radius 1 is 1.32 bits per heavy atom. The highest BCUT2D eigenvalue weighted by Gasteiger charge is 2.33. The van der Waals surface area contributed by atoms with Gasteiger partial charge >= 0.3 is 0 Å². The summed E-state index contributed by atoms with van der Waals surface area (Å²) in [6, 6.07) is 1.77. The van der Waals surface area contributed by atoms with Crippen molar-refractivity contribution < 1.29 is 13.2 Å². The summed E-state index contributed by atoms with van der Waals surface area (Å²) in [4.78, 5) is 22.6. The number of carbonyl (C=O) groups is 1. The standard InChI is InChI=1S/C14H20N4O3S/c1-9-7-12(17-14(15-9)16-10-3-4-10)13(19)18(2)11-5-6-22(20,21)8-11/h7,10-11H,3-6,8H2,1-2H3,(H,15,16,17). The van der Waals surface area contributed by atoms with Crippen LogP contribution in [0.2, 0.25) is 0 Å². The number of carbonyl (C=O) groups excluding carboxylic acids is 1. The molecule has 1 aliphatic carbocycles. The zero-order chi connectivity index (χ0) is 15.9. The van der Waals surface area contributed by atoms with Gasteiger partial charge in [0.2, 0.25) is 5.95 Å². The molecular formula is C14H20N4O3S. The number of amides is 1. The summed E-state index contributed by atoms with van der Waals surface area (Å²) in [5.41, 5.74) is 1.02. The molecule has 7 nitrogen and oxygen atoms in total. The lowest BCUT2D eigenvalue weighted by atomic mass is 10.2. The lowest BCUT2D eigenvalue weighted by molar-refractivity contribution is 0.0741. The van der Waals surface area contributed by atoms with Crippen LogP contribution in [0.15, 0.2) is 6.07 Å². The van der Waals surface area contributed by atoms with Gasteiger partial charge in [0, 0.05) is 24.8 Å². The molecule has 3 rings (SSSR count). The molecule has 1 aliphatic heterocycles. The molecule has 0 spiro atoms. The van der Waals surface area contributed by atoms with E-state index < -0.39 is 9.84 Å². The second-order valence-corrected chi connectivity index (χ2v) is 8.34. The van der Waals surface area contributed by atoms with Crippen LogP contribution in [0.25, 0.3) is 0 Å². The molecule has 120 valence electrons. The average molecular weight is 324 g/mol. The predicted octanol–water partition coefficient (Wildman–Crippen LogP) is 0.618. The molecule has 1 aromatic rings. The summed E-state index contributed by atoms with van der Waals surface area (Å²) in [5.74, 6) is 0.392. The van der Waals surface area contributed by atoms with E-state index >= 15 is 0 Å². The number of nitrogens with zero attached hydrogens (tertiary/aromatic N) is 3. The van der Waals surface area contributed by atoms with E-state index in [-0.39, 0.29) is 23.5 Å². The number of hydrogen-bond donors (Lipinski definition) is 1. The zero-order valence-electron chi connectivity index (χ0n) is 12.7. The fourth-order valence-corrected chi connectivity index (χ4v) is 4.35. The van der Waals surface area contributed by atoms with Gasteiger partial charge in [0.15, 0.2) is 9.84 Å². The number of aryl methyl sites for hydroxylation is 1. The van der Waals surface area contributed by atoms with Gasteiger partial charge in [-0.15, -0.1) is 0 Å². The first-order valence-corrected chi connectivity index (χ1v) is 9.26. The largest absolute Gasteiger partial charge is 0.351 e. The van der Waals surface area contributed by atoms with Gasteiger partial charge in [0.25, 0.3) is 5.91 Å². The van der Waals surface area contributed by atoms with Crippen LogP contribution in [0, 0.1) is 6.92 Å². The number of anilines is 1. The third-order valence-corrected chi connectivity index (χ3v) is 5.81. The molecule has 1 saturated carbocycles. The Morgan fingerprint density at radius 2 is 2.05 bits per heavy atom. The second-order valence-electron chi connectivity index (χ2n) is 6.11. The number of sulfone groups is 1. The highest BCUT2D eigenvalue weighted by Crippen LogP contribution is 2.23. The molecule has 1 atom stereocenters. The maximum Gasteiger partial charge on any atom is 0.272 e. The molecule has 22 heavy (non-hydrogen) atoms. The first-order chi connectivity index (χ1) is 10.3. The van der Waals surface area contributed by atoms with Gasteiger partial charge in [0.05, 0.1) is 11.5 Å². The van der Waals surface area contributed by atoms with Crippen molar-refractivity contribution in [2.24, 2.45) is 0 Å². The first-order valence-electron chi connectivity index (χ1n) is 7.44. The van der Waals surface area contributed by atoms with E-state index in [1.807, 2.05) is 6.92 Å². The summed E-state index contributed by atoms with van der Waals surface area (Å²) in [5, 5.41) is 3.18. The topological polar surface area (TPSA) is 92.3 Å². The zero-order valence-corrected chi connectivity index (χ0v) is 13.6. The number of rotatable bonds is 4. The Hall–Kier alpha value is -1.70. The maximum absolute atomic E-state index is 12.6. The van der Waals surface area contributed by atoms with E-state index in [2.05, 4.69) is 15.3 Å². The highest BCUT2D eigenvalue weighted by molar-refractivity contribution is 7.91. The fourth-order valence-electron chi connectivity index (χ4n) is 2.58. The van der Waals surface area contributed by atoms with E-state index in [1.54, 1.807) is 13.1 Å². The Labute approximate surface area is 130 Å². The molecule has 2 heterocycles. The Morgan fingerprint density at radius 3 is 2.64 bits per heavy atom. The van der Waals surface area contributed by atoms with Crippen molar-refractivity contribution in [2.45, 2.75) is 38.3 Å². The molecule has 1 saturated heterocycles. The molecule has 2 fully saturated rings. The van der Waals surface area contributed by atoms with Crippen LogP contribution < -0.4 is 5.32 Å². The van der Waals surface area contributed by atoms with Crippen LogP contribution in [-0.2, 0) is 9.84 Å². The van der Waals surface area contributed by atoms with Crippen molar-refractivity contribution in [3.63, 3.8) is 0 Å². The van der Waals surface area contributed by atoms with Gasteiger partial charge in [-0.05, 0) is 32.3 Å². The van der Waals surface area contributed by atoms with Gasteiger partial charge < -0.3 is 10.2 Å². The molecule has 8 heteroatoms. The van der Waals surface area contributed by atoms with Crippen molar-refractivity contribution in [2.75, 3.05) is 23.9 Å². The molecule has 0 bridgehead atoms. The van der Waals surface area contributed by atoms with E-state index in [0.717, 1.165) is 12.8 Å². The van der Waals surface area contributed by atoms with Crippen molar-refractivity contribution in [3.8, 4) is 0 Å². The van der Waals surface area contributed by atoms with Crippen LogP contribution in [0.3, 0.4) is 0 Å². The van der Waals surface area contributed by atoms with Gasteiger partial charge in [-0.25, -0.2) is 18.4 Å². The smallest absolute Gasteiger partial charge is 0.272 e. The van der Waals surface area contributed by atoms with Crippen LogP contribution in [-0.4, -0.2) is 59.8 Å².